The molecule has 0 saturated carbocycles. The van der Waals surface area contributed by atoms with Gasteiger partial charge in [-0.25, -0.2) is 9.97 Å². The van der Waals surface area contributed by atoms with Crippen LogP contribution < -0.4 is 15.1 Å². The van der Waals surface area contributed by atoms with Crippen molar-refractivity contribution in [3.05, 3.63) is 48.8 Å². The Balaban J connectivity index is 1.33. The lowest BCUT2D eigenvalue weighted by atomic mass is 10.1. The van der Waals surface area contributed by atoms with Crippen molar-refractivity contribution in [1.82, 2.24) is 20.2 Å². The number of nitrogens with one attached hydrogen (secondary N) is 1. The zero-order chi connectivity index (χ0) is 19.5. The van der Waals surface area contributed by atoms with Crippen LogP contribution in [0, 0.1) is 0 Å². The van der Waals surface area contributed by atoms with E-state index in [1.54, 1.807) is 6.33 Å². The number of nitrogens with zero attached hydrogens (tertiary/aromatic N) is 6. The second-order valence-corrected chi connectivity index (χ2v) is 7.63. The van der Waals surface area contributed by atoms with E-state index in [0.29, 0.717) is 0 Å². The van der Waals surface area contributed by atoms with E-state index in [0.717, 1.165) is 60.6 Å². The Morgan fingerprint density at radius 2 is 1.48 bits per heavy atom. The predicted octanol–water partition coefficient (Wildman–Crippen LogP) is 3.88. The third kappa shape index (κ3) is 3.99. The van der Waals surface area contributed by atoms with Crippen LogP contribution in [0.25, 0.3) is 11.3 Å². The van der Waals surface area contributed by atoms with Crippen molar-refractivity contribution in [2.75, 3.05) is 41.3 Å². The van der Waals surface area contributed by atoms with E-state index in [1.807, 2.05) is 18.2 Å². The van der Waals surface area contributed by atoms with Gasteiger partial charge in [-0.3, -0.25) is 0 Å². The number of rotatable bonds is 5. The normalized spacial score (nSPS) is 16.4. The molecule has 29 heavy (non-hydrogen) atoms. The molecule has 0 spiro atoms. The highest BCUT2D eigenvalue weighted by molar-refractivity contribution is 5.68. The highest BCUT2D eigenvalue weighted by Crippen LogP contribution is 2.26. The smallest absolute Gasteiger partial charge is 0.151 e. The number of hydrogen-bond donors (Lipinski definition) is 1. The molecule has 0 atom stereocenters. The summed E-state index contributed by atoms with van der Waals surface area (Å²) in [5.74, 6) is 2.75. The van der Waals surface area contributed by atoms with Crippen LogP contribution in [0.4, 0.5) is 23.1 Å². The van der Waals surface area contributed by atoms with Crippen molar-refractivity contribution < 1.29 is 0 Å². The average Bonchev–Trinajstić information content (AvgIpc) is 3.49. The first-order valence-electron chi connectivity index (χ1n) is 10.4. The molecule has 1 N–H and O–H groups in total. The molecule has 7 heteroatoms. The van der Waals surface area contributed by atoms with Crippen LogP contribution in [0.3, 0.4) is 0 Å². The molecule has 3 aromatic rings. The summed E-state index contributed by atoms with van der Waals surface area (Å²) in [6.45, 7) is 4.29. The molecule has 7 nitrogen and oxygen atoms in total. The van der Waals surface area contributed by atoms with E-state index in [2.05, 4.69) is 59.5 Å². The molecule has 4 heterocycles. The van der Waals surface area contributed by atoms with Crippen molar-refractivity contribution in [3.8, 4) is 11.3 Å². The standard InChI is InChI=1S/C22H25N7/c1-2-11-28(10-1)21-9-8-19(26-27-21)17-6-5-7-18(14-17)25-20-15-22(24-16-23-20)29-12-3-4-13-29/h5-9,14-16H,1-4,10-13H2,(H,23,24,25). The Labute approximate surface area is 170 Å². The van der Waals surface area contributed by atoms with Crippen LogP contribution in [0.2, 0.25) is 0 Å². The van der Waals surface area contributed by atoms with Crippen molar-refractivity contribution in [1.29, 1.82) is 0 Å². The third-order valence-electron chi connectivity index (χ3n) is 5.59. The molecule has 148 valence electrons. The Hall–Kier alpha value is -3.22. The van der Waals surface area contributed by atoms with E-state index < -0.39 is 0 Å². The predicted molar refractivity (Wildman–Crippen MR) is 116 cm³/mol. The molecular formula is C22H25N7. The summed E-state index contributed by atoms with van der Waals surface area (Å²) in [5.41, 5.74) is 2.88. The minimum Gasteiger partial charge on any atom is -0.356 e. The second kappa shape index (κ2) is 8.03. The first-order chi connectivity index (χ1) is 14.3. The molecule has 0 bridgehead atoms. The van der Waals surface area contributed by atoms with E-state index >= 15 is 0 Å². The maximum atomic E-state index is 4.46. The van der Waals surface area contributed by atoms with Gasteiger partial charge in [0.25, 0.3) is 0 Å². The van der Waals surface area contributed by atoms with Gasteiger partial charge < -0.3 is 15.1 Å². The Bertz CT molecular complexity index is 961. The number of hydrogen-bond acceptors (Lipinski definition) is 7. The first kappa shape index (κ1) is 17.8. The molecule has 0 radical (unpaired) electrons. The maximum Gasteiger partial charge on any atom is 0.151 e. The van der Waals surface area contributed by atoms with Gasteiger partial charge in [0, 0.05) is 43.5 Å². The number of aromatic nitrogens is 4. The van der Waals surface area contributed by atoms with Crippen LogP contribution in [-0.4, -0.2) is 46.3 Å². The fraction of sp³-hybridized carbons (Fsp3) is 0.364. The second-order valence-electron chi connectivity index (χ2n) is 7.63. The molecule has 5 rings (SSSR count). The summed E-state index contributed by atoms with van der Waals surface area (Å²) >= 11 is 0. The molecule has 2 aliphatic rings. The van der Waals surface area contributed by atoms with Crippen molar-refractivity contribution in [2.45, 2.75) is 25.7 Å². The minimum atomic E-state index is 0.800. The molecule has 2 saturated heterocycles. The summed E-state index contributed by atoms with van der Waals surface area (Å²) in [5, 5.41) is 12.3. The van der Waals surface area contributed by atoms with Gasteiger partial charge in [0.15, 0.2) is 5.82 Å². The van der Waals surface area contributed by atoms with Crippen LogP contribution in [0.1, 0.15) is 25.7 Å². The Morgan fingerprint density at radius 1 is 0.724 bits per heavy atom. The molecule has 2 aromatic heterocycles. The lowest BCUT2D eigenvalue weighted by molar-refractivity contribution is 0.896. The van der Waals surface area contributed by atoms with Crippen molar-refractivity contribution in [3.63, 3.8) is 0 Å². The number of benzene rings is 1. The van der Waals surface area contributed by atoms with Crippen LogP contribution in [-0.2, 0) is 0 Å². The van der Waals surface area contributed by atoms with Gasteiger partial charge >= 0.3 is 0 Å². The van der Waals surface area contributed by atoms with Gasteiger partial charge in [-0.2, -0.15) is 0 Å². The molecule has 1 aromatic carbocycles. The first-order valence-corrected chi connectivity index (χ1v) is 10.4. The highest BCUT2D eigenvalue weighted by Gasteiger charge is 2.15. The van der Waals surface area contributed by atoms with Crippen molar-refractivity contribution in [2.24, 2.45) is 0 Å². The summed E-state index contributed by atoms with van der Waals surface area (Å²) < 4.78 is 0. The molecule has 2 fully saturated rings. The van der Waals surface area contributed by atoms with Gasteiger partial charge in [0.1, 0.15) is 18.0 Å². The zero-order valence-electron chi connectivity index (χ0n) is 16.5. The van der Waals surface area contributed by atoms with Crippen LogP contribution >= 0.6 is 0 Å². The van der Waals surface area contributed by atoms with Gasteiger partial charge in [-0.1, -0.05) is 12.1 Å². The Kier molecular flexibility index (Phi) is 4.94. The van der Waals surface area contributed by atoms with Crippen molar-refractivity contribution >= 4 is 23.1 Å². The monoisotopic (exact) mass is 387 g/mol. The van der Waals surface area contributed by atoms with E-state index in [4.69, 9.17) is 0 Å². The van der Waals surface area contributed by atoms with Gasteiger partial charge in [0.05, 0.1) is 5.69 Å². The molecule has 0 amide bonds. The average molecular weight is 387 g/mol. The highest BCUT2D eigenvalue weighted by atomic mass is 15.3. The van der Waals surface area contributed by atoms with Crippen LogP contribution in [0.5, 0.6) is 0 Å². The minimum absolute atomic E-state index is 0.800. The maximum absolute atomic E-state index is 4.46. The summed E-state index contributed by atoms with van der Waals surface area (Å²) in [6.07, 6.45) is 6.56. The van der Waals surface area contributed by atoms with Gasteiger partial charge in [-0.15, -0.1) is 10.2 Å². The quantitative estimate of drug-likeness (QED) is 0.712. The van der Waals surface area contributed by atoms with E-state index in [-0.39, 0.29) is 0 Å². The summed E-state index contributed by atoms with van der Waals surface area (Å²) in [7, 11) is 0. The van der Waals surface area contributed by atoms with E-state index in [1.165, 1.54) is 25.7 Å². The SMILES string of the molecule is c1cc(Nc2cc(N3CCCC3)ncn2)cc(-c2ccc(N3CCCC3)nn2)c1. The zero-order valence-corrected chi connectivity index (χ0v) is 16.5. The lowest BCUT2D eigenvalue weighted by Crippen LogP contribution is -2.19. The fourth-order valence-electron chi connectivity index (χ4n) is 4.03. The number of anilines is 4. The largest absolute Gasteiger partial charge is 0.356 e. The fourth-order valence-corrected chi connectivity index (χ4v) is 4.03. The third-order valence-corrected chi connectivity index (χ3v) is 5.59. The van der Waals surface area contributed by atoms with Gasteiger partial charge in [-0.05, 0) is 49.9 Å². The molecular weight excluding hydrogens is 362 g/mol. The van der Waals surface area contributed by atoms with E-state index in [9.17, 15) is 0 Å². The van der Waals surface area contributed by atoms with Gasteiger partial charge in [0.2, 0.25) is 0 Å². The summed E-state index contributed by atoms with van der Waals surface area (Å²) in [4.78, 5) is 13.4. The van der Waals surface area contributed by atoms with Crippen LogP contribution in [0.15, 0.2) is 48.8 Å². The molecule has 0 unspecified atom stereocenters. The lowest BCUT2D eigenvalue weighted by Gasteiger charge is -2.17. The topological polar surface area (TPSA) is 70.1 Å². The molecule has 0 aliphatic carbocycles. The summed E-state index contributed by atoms with van der Waals surface area (Å²) in [6, 6.07) is 14.3. The Morgan fingerprint density at radius 3 is 2.21 bits per heavy atom. The molecule has 2 aliphatic heterocycles.